The maximum Gasteiger partial charge on any atom is 0.159 e. The number of aromatic nitrogens is 1. The summed E-state index contributed by atoms with van der Waals surface area (Å²) >= 11 is 0. The van der Waals surface area contributed by atoms with Crippen molar-refractivity contribution in [2.45, 2.75) is 70.3 Å². The molecule has 186 valence electrons. The summed E-state index contributed by atoms with van der Waals surface area (Å²) in [6, 6.07) is 1.72. The molecule has 4 aliphatic carbocycles. The highest BCUT2D eigenvalue weighted by Gasteiger charge is 2.58. The predicted octanol–water partition coefficient (Wildman–Crippen LogP) is 4.96. The lowest BCUT2D eigenvalue weighted by molar-refractivity contribution is -0.135. The van der Waals surface area contributed by atoms with Crippen molar-refractivity contribution in [2.75, 3.05) is 26.0 Å². The number of ketones is 1. The minimum atomic E-state index is -0.633. The number of hydrogen-bond acceptors (Lipinski definition) is 7. The second-order valence-electron chi connectivity index (χ2n) is 11.8. The molecule has 0 saturated heterocycles. The SMILES string of the molecule is COC[C@@]1(O)CC[C@H]2[C@H](CC[C@@H]3[C@@H]2CC[C@]2(C)[C@@H](C(=O)CN=Nc4ccncc4N)CC[C@@H]32)C1. The van der Waals surface area contributed by atoms with Crippen LogP contribution in [0, 0.1) is 40.9 Å². The van der Waals surface area contributed by atoms with Crippen molar-refractivity contribution in [3.63, 3.8) is 0 Å². The maximum absolute atomic E-state index is 13.3. The van der Waals surface area contributed by atoms with Crippen LogP contribution in [0.5, 0.6) is 0 Å². The number of carbonyl (C=O) groups is 1. The number of methoxy groups -OCH3 is 1. The normalized spacial score (nSPS) is 41.6. The summed E-state index contributed by atoms with van der Waals surface area (Å²) in [7, 11) is 1.69. The van der Waals surface area contributed by atoms with Crippen molar-refractivity contribution in [3.8, 4) is 0 Å². The Balaban J connectivity index is 1.24. The van der Waals surface area contributed by atoms with E-state index in [9.17, 15) is 9.90 Å². The highest BCUT2D eigenvalue weighted by Crippen LogP contribution is 2.64. The monoisotopic (exact) mass is 468 g/mol. The zero-order chi connectivity index (χ0) is 23.9. The Morgan fingerprint density at radius 1 is 1.18 bits per heavy atom. The van der Waals surface area contributed by atoms with E-state index in [0.29, 0.717) is 29.8 Å². The molecule has 1 aromatic rings. The number of azo groups is 1. The summed E-state index contributed by atoms with van der Waals surface area (Å²) in [5.41, 5.74) is 6.38. The van der Waals surface area contributed by atoms with Gasteiger partial charge in [-0.15, -0.1) is 0 Å². The van der Waals surface area contributed by atoms with Crippen molar-refractivity contribution in [2.24, 2.45) is 51.2 Å². The van der Waals surface area contributed by atoms with Gasteiger partial charge in [0.2, 0.25) is 0 Å². The van der Waals surface area contributed by atoms with Crippen molar-refractivity contribution in [1.29, 1.82) is 0 Å². The van der Waals surface area contributed by atoms with E-state index in [2.05, 4.69) is 22.1 Å². The first-order valence-corrected chi connectivity index (χ1v) is 13.2. The number of nitrogens with zero attached hydrogens (tertiary/aromatic N) is 3. The molecule has 1 heterocycles. The highest BCUT2D eigenvalue weighted by molar-refractivity contribution is 5.84. The van der Waals surface area contributed by atoms with Gasteiger partial charge in [0.1, 0.15) is 12.2 Å². The lowest BCUT2D eigenvalue weighted by Crippen LogP contribution is -2.52. The van der Waals surface area contributed by atoms with Crippen LogP contribution in [0.4, 0.5) is 11.4 Å². The lowest BCUT2D eigenvalue weighted by Gasteiger charge is -2.57. The average Bonchev–Trinajstić information content (AvgIpc) is 3.17. The smallest absolute Gasteiger partial charge is 0.159 e. The molecule has 0 amide bonds. The van der Waals surface area contributed by atoms with E-state index in [0.717, 1.165) is 56.3 Å². The van der Waals surface area contributed by atoms with Crippen LogP contribution in [-0.2, 0) is 9.53 Å². The Bertz CT molecular complexity index is 938. The van der Waals surface area contributed by atoms with Crippen LogP contribution in [-0.4, -0.2) is 41.7 Å². The molecule has 3 N–H and O–H groups in total. The molecule has 0 spiro atoms. The first-order chi connectivity index (χ1) is 16.3. The van der Waals surface area contributed by atoms with E-state index < -0.39 is 5.60 Å². The van der Waals surface area contributed by atoms with Crippen LogP contribution >= 0.6 is 0 Å². The number of rotatable bonds is 6. The van der Waals surface area contributed by atoms with Crippen molar-refractivity contribution >= 4 is 17.2 Å². The fraction of sp³-hybridized carbons (Fsp3) is 0.778. The molecule has 34 heavy (non-hydrogen) atoms. The molecule has 7 nitrogen and oxygen atoms in total. The predicted molar refractivity (Wildman–Crippen MR) is 130 cm³/mol. The summed E-state index contributed by atoms with van der Waals surface area (Å²) < 4.78 is 5.33. The minimum Gasteiger partial charge on any atom is -0.396 e. The molecule has 4 fully saturated rings. The van der Waals surface area contributed by atoms with Gasteiger partial charge in [0.15, 0.2) is 5.78 Å². The number of carbonyl (C=O) groups excluding carboxylic acids is 1. The average molecular weight is 469 g/mol. The number of aliphatic hydroxyl groups is 1. The lowest BCUT2D eigenvalue weighted by atomic mass is 9.49. The number of anilines is 1. The summed E-state index contributed by atoms with van der Waals surface area (Å²) in [6.07, 6.45) is 13.0. The Labute approximate surface area is 203 Å². The molecule has 0 aliphatic heterocycles. The second kappa shape index (κ2) is 9.30. The van der Waals surface area contributed by atoms with E-state index in [4.69, 9.17) is 10.5 Å². The molecule has 0 aromatic carbocycles. The van der Waals surface area contributed by atoms with Gasteiger partial charge in [-0.2, -0.15) is 10.2 Å². The summed E-state index contributed by atoms with van der Waals surface area (Å²) in [5, 5.41) is 19.4. The van der Waals surface area contributed by atoms with Crippen molar-refractivity contribution in [3.05, 3.63) is 18.5 Å². The Morgan fingerprint density at radius 2 is 2.00 bits per heavy atom. The number of hydrogen-bond donors (Lipinski definition) is 2. The van der Waals surface area contributed by atoms with Crippen LogP contribution in [0.1, 0.15) is 64.7 Å². The molecule has 4 saturated carbocycles. The zero-order valence-electron chi connectivity index (χ0n) is 20.7. The van der Waals surface area contributed by atoms with Crippen LogP contribution < -0.4 is 5.73 Å². The van der Waals surface area contributed by atoms with E-state index in [-0.39, 0.29) is 23.7 Å². The van der Waals surface area contributed by atoms with Gasteiger partial charge >= 0.3 is 0 Å². The quantitative estimate of drug-likeness (QED) is 0.573. The number of Topliss-reactive ketones (excluding diaryl/α,β-unsaturated/α-hetero) is 1. The maximum atomic E-state index is 13.3. The molecule has 0 bridgehead atoms. The number of pyridine rings is 1. The standard InChI is InChI=1S/C27H40N4O3/c1-26-10-7-19-18-8-11-27(33,16-34-2)13-17(18)3-4-20(19)21(26)5-6-22(26)25(32)15-30-31-24-9-12-29-14-23(24)28/h9,12,14,17-22,33H,3-8,10-11,13,15-16,28H2,1-2H3/t17-,18+,19-,20-,21+,22-,26+,27-/m1/s1. The van der Waals surface area contributed by atoms with E-state index in [1.165, 1.54) is 19.3 Å². The van der Waals surface area contributed by atoms with Crippen molar-refractivity contribution in [1.82, 2.24) is 4.98 Å². The number of nitrogen functional groups attached to an aromatic ring is 1. The third-order valence-electron chi connectivity index (χ3n) is 10.1. The third-order valence-corrected chi connectivity index (χ3v) is 10.1. The second-order valence-corrected chi connectivity index (χ2v) is 11.8. The Kier molecular flexibility index (Phi) is 6.53. The van der Waals surface area contributed by atoms with Gasteiger partial charge in [0.05, 0.1) is 24.1 Å². The molecule has 4 aliphatic rings. The Morgan fingerprint density at radius 3 is 2.79 bits per heavy atom. The Hall–Kier alpha value is -1.86. The van der Waals surface area contributed by atoms with Crippen LogP contribution in [0.2, 0.25) is 0 Å². The summed E-state index contributed by atoms with van der Waals surface area (Å²) in [4.78, 5) is 17.2. The molecule has 8 atom stereocenters. The third kappa shape index (κ3) is 4.19. The van der Waals surface area contributed by atoms with Crippen LogP contribution in [0.25, 0.3) is 0 Å². The molecule has 5 rings (SSSR count). The van der Waals surface area contributed by atoms with Crippen LogP contribution in [0.3, 0.4) is 0 Å². The molecular weight excluding hydrogens is 428 g/mol. The largest absolute Gasteiger partial charge is 0.396 e. The van der Waals surface area contributed by atoms with Gasteiger partial charge in [-0.05, 0) is 98.9 Å². The van der Waals surface area contributed by atoms with Gasteiger partial charge in [-0.3, -0.25) is 9.78 Å². The number of fused-ring (bicyclic) bond motifs is 5. The van der Waals surface area contributed by atoms with Gasteiger partial charge in [0.25, 0.3) is 0 Å². The van der Waals surface area contributed by atoms with E-state index in [1.54, 1.807) is 25.6 Å². The van der Waals surface area contributed by atoms with Gasteiger partial charge in [0, 0.05) is 19.2 Å². The topological polar surface area (TPSA) is 110 Å². The number of nitrogens with two attached hydrogens (primary N) is 1. The summed E-state index contributed by atoms with van der Waals surface area (Å²) in [5.74, 6) is 3.79. The van der Waals surface area contributed by atoms with E-state index >= 15 is 0 Å². The first kappa shape index (κ1) is 23.9. The fourth-order valence-electron chi connectivity index (χ4n) is 8.67. The summed E-state index contributed by atoms with van der Waals surface area (Å²) in [6.45, 7) is 2.97. The molecule has 1 aromatic heterocycles. The van der Waals surface area contributed by atoms with Gasteiger partial charge < -0.3 is 15.6 Å². The molecule has 0 unspecified atom stereocenters. The molecular formula is C27H40N4O3. The minimum absolute atomic E-state index is 0.0851. The van der Waals surface area contributed by atoms with Crippen molar-refractivity contribution < 1.29 is 14.6 Å². The van der Waals surface area contributed by atoms with E-state index in [1.807, 2.05) is 0 Å². The van der Waals surface area contributed by atoms with Crippen LogP contribution in [0.15, 0.2) is 28.7 Å². The fourth-order valence-corrected chi connectivity index (χ4v) is 8.67. The molecule has 0 radical (unpaired) electrons. The number of ether oxygens (including phenoxy) is 1. The van der Waals surface area contributed by atoms with Gasteiger partial charge in [-0.1, -0.05) is 6.92 Å². The zero-order valence-corrected chi connectivity index (χ0v) is 20.7. The first-order valence-electron chi connectivity index (χ1n) is 13.2. The van der Waals surface area contributed by atoms with Gasteiger partial charge in [-0.25, -0.2) is 0 Å². The highest BCUT2D eigenvalue weighted by atomic mass is 16.5. The molecule has 7 heteroatoms.